The molecule has 1 rings (SSSR count). The lowest BCUT2D eigenvalue weighted by molar-refractivity contribution is -0.142. The number of carboxylic acids is 1. The number of nitrogens with one attached hydrogen (secondary N) is 1. The van der Waals surface area contributed by atoms with Crippen LogP contribution in [-0.4, -0.2) is 17.6 Å². The van der Waals surface area contributed by atoms with Crippen LogP contribution in [0, 0.1) is 18.8 Å². The van der Waals surface area contributed by atoms with Gasteiger partial charge in [-0.2, -0.15) is 0 Å². The van der Waals surface area contributed by atoms with Crippen molar-refractivity contribution >= 4 is 21.9 Å². The molecule has 0 aliphatic rings. The van der Waals surface area contributed by atoms with E-state index in [0.29, 0.717) is 25.4 Å². The number of aryl methyl sites for hydroxylation is 1. The lowest BCUT2D eigenvalue weighted by Crippen LogP contribution is -2.29. The molecule has 4 heteroatoms. The zero-order valence-electron chi connectivity index (χ0n) is 11.7. The Labute approximate surface area is 123 Å². The molecule has 0 spiro atoms. The van der Waals surface area contributed by atoms with Gasteiger partial charge in [-0.25, -0.2) is 0 Å². The van der Waals surface area contributed by atoms with Crippen molar-refractivity contribution in [3.05, 3.63) is 33.8 Å². The van der Waals surface area contributed by atoms with Crippen LogP contribution in [0.1, 0.15) is 31.4 Å². The topological polar surface area (TPSA) is 49.3 Å². The van der Waals surface area contributed by atoms with Crippen LogP contribution in [0.4, 0.5) is 0 Å². The number of hydrogen-bond acceptors (Lipinski definition) is 2. The second-order valence-corrected chi connectivity index (χ2v) is 6.28. The molecule has 0 aliphatic carbocycles. The van der Waals surface area contributed by atoms with Gasteiger partial charge in [0.15, 0.2) is 0 Å². The van der Waals surface area contributed by atoms with Crippen molar-refractivity contribution in [1.82, 2.24) is 5.32 Å². The number of halogens is 1. The summed E-state index contributed by atoms with van der Waals surface area (Å²) in [6.07, 6.45) is 0.710. The maximum absolute atomic E-state index is 11.1. The van der Waals surface area contributed by atoms with Gasteiger partial charge >= 0.3 is 5.97 Å². The van der Waals surface area contributed by atoms with Crippen molar-refractivity contribution in [1.29, 1.82) is 0 Å². The summed E-state index contributed by atoms with van der Waals surface area (Å²) < 4.78 is 1.07. The molecule has 1 atom stereocenters. The van der Waals surface area contributed by atoms with Gasteiger partial charge in [-0.1, -0.05) is 35.8 Å². The highest BCUT2D eigenvalue weighted by Crippen LogP contribution is 2.16. The number of rotatable bonds is 7. The highest BCUT2D eigenvalue weighted by atomic mass is 79.9. The van der Waals surface area contributed by atoms with E-state index in [1.165, 1.54) is 11.1 Å². The largest absolute Gasteiger partial charge is 0.481 e. The summed E-state index contributed by atoms with van der Waals surface area (Å²) in [7, 11) is 0. The van der Waals surface area contributed by atoms with Gasteiger partial charge in [-0.3, -0.25) is 4.79 Å². The predicted molar refractivity (Wildman–Crippen MR) is 81.2 cm³/mol. The van der Waals surface area contributed by atoms with Crippen molar-refractivity contribution in [3.8, 4) is 0 Å². The first-order valence-electron chi connectivity index (χ1n) is 6.58. The Balaban J connectivity index is 2.49. The summed E-state index contributed by atoms with van der Waals surface area (Å²) in [5.74, 6) is -0.623. The Morgan fingerprint density at radius 2 is 2.11 bits per heavy atom. The van der Waals surface area contributed by atoms with Crippen molar-refractivity contribution in [2.45, 2.75) is 33.7 Å². The van der Waals surface area contributed by atoms with Crippen molar-refractivity contribution in [2.24, 2.45) is 11.8 Å². The number of hydrogen-bond donors (Lipinski definition) is 2. The first-order chi connectivity index (χ1) is 8.90. The van der Waals surface area contributed by atoms with Gasteiger partial charge in [-0.15, -0.1) is 0 Å². The fraction of sp³-hybridized carbons (Fsp3) is 0.533. The smallest absolute Gasteiger partial charge is 0.307 e. The van der Waals surface area contributed by atoms with Crippen LogP contribution in [-0.2, 0) is 11.3 Å². The molecule has 0 amide bonds. The van der Waals surface area contributed by atoms with E-state index in [4.69, 9.17) is 5.11 Å². The second-order valence-electron chi connectivity index (χ2n) is 5.37. The zero-order chi connectivity index (χ0) is 14.4. The summed E-state index contributed by atoms with van der Waals surface area (Å²) in [6, 6.07) is 6.14. The standard InChI is InChI=1S/C15H22BrNO2/c1-10(2)6-13(15(18)19)9-17-8-12-4-5-14(16)7-11(12)3/h4-5,7,10,13,17H,6,8-9H2,1-3H3,(H,18,19). The number of aliphatic carboxylic acids is 1. The van der Waals surface area contributed by atoms with Gasteiger partial charge in [-0.05, 0) is 42.5 Å². The van der Waals surface area contributed by atoms with E-state index in [9.17, 15) is 4.79 Å². The van der Waals surface area contributed by atoms with Gasteiger partial charge in [0.2, 0.25) is 0 Å². The third-order valence-corrected chi connectivity index (χ3v) is 3.61. The first kappa shape index (κ1) is 16.2. The van der Waals surface area contributed by atoms with Gasteiger partial charge < -0.3 is 10.4 Å². The third kappa shape index (κ3) is 5.74. The van der Waals surface area contributed by atoms with Crippen LogP contribution in [0.25, 0.3) is 0 Å². The molecule has 0 saturated heterocycles. The molecule has 19 heavy (non-hydrogen) atoms. The number of carbonyl (C=O) groups is 1. The Morgan fingerprint density at radius 3 is 2.63 bits per heavy atom. The molecule has 0 fully saturated rings. The van der Waals surface area contributed by atoms with E-state index in [-0.39, 0.29) is 5.92 Å². The average Bonchev–Trinajstić information content (AvgIpc) is 2.29. The molecule has 1 aromatic carbocycles. The van der Waals surface area contributed by atoms with E-state index in [0.717, 1.165) is 4.47 Å². The minimum Gasteiger partial charge on any atom is -0.481 e. The Bertz CT molecular complexity index is 432. The maximum Gasteiger partial charge on any atom is 0.307 e. The SMILES string of the molecule is Cc1cc(Br)ccc1CNCC(CC(C)C)C(=O)O. The molecule has 0 radical (unpaired) electrons. The van der Waals surface area contributed by atoms with Crippen molar-refractivity contribution in [3.63, 3.8) is 0 Å². The van der Waals surface area contributed by atoms with Gasteiger partial charge in [0.1, 0.15) is 0 Å². The van der Waals surface area contributed by atoms with E-state index in [1.807, 2.05) is 6.07 Å². The molecule has 2 N–H and O–H groups in total. The molecule has 0 aliphatic heterocycles. The molecule has 3 nitrogen and oxygen atoms in total. The number of benzene rings is 1. The van der Waals surface area contributed by atoms with Gasteiger partial charge in [0.25, 0.3) is 0 Å². The molecular formula is C15H22BrNO2. The first-order valence-corrected chi connectivity index (χ1v) is 7.38. The molecular weight excluding hydrogens is 306 g/mol. The molecule has 0 saturated carbocycles. The fourth-order valence-electron chi connectivity index (χ4n) is 2.08. The summed E-state index contributed by atoms with van der Waals surface area (Å²) in [5.41, 5.74) is 2.41. The minimum absolute atomic E-state index is 0.309. The lowest BCUT2D eigenvalue weighted by Gasteiger charge is -2.16. The van der Waals surface area contributed by atoms with Crippen molar-refractivity contribution in [2.75, 3.05) is 6.54 Å². The summed E-state index contributed by atoms with van der Waals surface area (Å²) in [5, 5.41) is 12.4. The molecule has 1 aromatic rings. The average molecular weight is 328 g/mol. The monoisotopic (exact) mass is 327 g/mol. The van der Waals surface area contributed by atoms with Crippen LogP contribution >= 0.6 is 15.9 Å². The van der Waals surface area contributed by atoms with Crippen LogP contribution < -0.4 is 5.32 Å². The molecule has 106 valence electrons. The fourth-order valence-corrected chi connectivity index (χ4v) is 2.55. The summed E-state index contributed by atoms with van der Waals surface area (Å²) in [6.45, 7) is 7.39. The third-order valence-electron chi connectivity index (χ3n) is 3.12. The minimum atomic E-state index is -0.714. The molecule has 1 unspecified atom stereocenters. The zero-order valence-corrected chi connectivity index (χ0v) is 13.3. The highest BCUT2D eigenvalue weighted by molar-refractivity contribution is 9.10. The number of carboxylic acid groups (broad SMARTS) is 1. The maximum atomic E-state index is 11.1. The van der Waals surface area contributed by atoms with E-state index < -0.39 is 5.97 Å². The summed E-state index contributed by atoms with van der Waals surface area (Å²) in [4.78, 5) is 11.1. The van der Waals surface area contributed by atoms with E-state index in [2.05, 4.69) is 54.2 Å². The normalized spacial score (nSPS) is 12.7. The van der Waals surface area contributed by atoms with Crippen LogP contribution in [0.2, 0.25) is 0 Å². The molecule has 0 aromatic heterocycles. The Kier molecular flexibility index (Phi) is 6.52. The van der Waals surface area contributed by atoms with Crippen LogP contribution in [0.3, 0.4) is 0 Å². The highest BCUT2D eigenvalue weighted by Gasteiger charge is 2.18. The molecule has 0 heterocycles. The lowest BCUT2D eigenvalue weighted by atomic mass is 9.97. The quantitative estimate of drug-likeness (QED) is 0.804. The van der Waals surface area contributed by atoms with Gasteiger partial charge in [0, 0.05) is 17.6 Å². The van der Waals surface area contributed by atoms with Crippen molar-refractivity contribution < 1.29 is 9.90 Å². The van der Waals surface area contributed by atoms with E-state index in [1.54, 1.807) is 0 Å². The summed E-state index contributed by atoms with van der Waals surface area (Å²) >= 11 is 3.44. The van der Waals surface area contributed by atoms with Crippen LogP contribution in [0.5, 0.6) is 0 Å². The molecule has 0 bridgehead atoms. The van der Waals surface area contributed by atoms with E-state index >= 15 is 0 Å². The predicted octanol–water partition coefficient (Wildman–Crippen LogP) is 3.59. The van der Waals surface area contributed by atoms with Crippen LogP contribution in [0.15, 0.2) is 22.7 Å². The Morgan fingerprint density at radius 1 is 1.42 bits per heavy atom. The van der Waals surface area contributed by atoms with Gasteiger partial charge in [0.05, 0.1) is 5.92 Å². The Hall–Kier alpha value is -0.870. The second kappa shape index (κ2) is 7.65.